The average Bonchev–Trinajstić information content (AvgIpc) is 2.62. The predicted octanol–water partition coefficient (Wildman–Crippen LogP) is 10.2. The Bertz CT molecular complexity index is 280. The minimum Gasteiger partial charge on any atom is -0.0654 e. The SMILES string of the molecule is CCCCCCCCCCC(C)CC(CC)CCCC(C)CCCC(C)C. The van der Waals surface area contributed by atoms with Gasteiger partial charge < -0.3 is 0 Å². The summed E-state index contributed by atoms with van der Waals surface area (Å²) in [6.07, 6.45) is 24.7. The zero-order valence-corrected chi connectivity index (χ0v) is 20.3. The molecular weight excluding hydrogens is 324 g/mol. The lowest BCUT2D eigenvalue weighted by Gasteiger charge is -2.21. The number of hydrogen-bond donors (Lipinski definition) is 0. The lowest BCUT2D eigenvalue weighted by atomic mass is 9.85. The quantitative estimate of drug-likeness (QED) is 0.184. The van der Waals surface area contributed by atoms with Gasteiger partial charge in [-0.05, 0) is 30.1 Å². The minimum atomic E-state index is 0.879. The van der Waals surface area contributed by atoms with Crippen molar-refractivity contribution in [3.63, 3.8) is 0 Å². The molecule has 0 aromatic rings. The van der Waals surface area contributed by atoms with Crippen molar-refractivity contribution in [3.05, 3.63) is 0 Å². The van der Waals surface area contributed by atoms with Crippen molar-refractivity contribution < 1.29 is 0 Å². The molecule has 0 saturated heterocycles. The lowest BCUT2D eigenvalue weighted by Crippen LogP contribution is -2.07. The van der Waals surface area contributed by atoms with Crippen molar-refractivity contribution in [2.75, 3.05) is 0 Å². The van der Waals surface area contributed by atoms with Crippen LogP contribution in [0.3, 0.4) is 0 Å². The highest BCUT2D eigenvalue weighted by Gasteiger charge is 2.12. The molecule has 27 heavy (non-hydrogen) atoms. The molecular formula is C27H56. The summed E-state index contributed by atoms with van der Waals surface area (Å²) < 4.78 is 0. The maximum Gasteiger partial charge on any atom is -0.0414 e. The molecule has 0 amide bonds. The first-order chi connectivity index (χ1) is 13.0. The van der Waals surface area contributed by atoms with Gasteiger partial charge in [0.15, 0.2) is 0 Å². The van der Waals surface area contributed by atoms with Gasteiger partial charge in [0, 0.05) is 0 Å². The van der Waals surface area contributed by atoms with Crippen LogP contribution < -0.4 is 0 Å². The maximum absolute atomic E-state index is 2.51. The van der Waals surface area contributed by atoms with Crippen LogP contribution in [0.15, 0.2) is 0 Å². The molecule has 0 aromatic heterocycles. The topological polar surface area (TPSA) is 0 Å². The summed E-state index contributed by atoms with van der Waals surface area (Å²) in [6, 6.07) is 0. The third-order valence-electron chi connectivity index (χ3n) is 6.65. The second-order valence-corrected chi connectivity index (χ2v) is 10.2. The van der Waals surface area contributed by atoms with Gasteiger partial charge in [-0.3, -0.25) is 0 Å². The first kappa shape index (κ1) is 27.0. The van der Waals surface area contributed by atoms with E-state index in [1.807, 2.05) is 0 Å². The summed E-state index contributed by atoms with van der Waals surface area (Å²) in [5.41, 5.74) is 0. The standard InChI is InChI=1S/C27H56/c1-7-9-10-11-12-13-14-15-19-26(6)23-27(8-2)22-17-21-25(5)20-16-18-24(3)4/h24-27H,7-23H2,1-6H3. The normalized spacial score (nSPS) is 15.2. The second kappa shape index (κ2) is 19.3. The van der Waals surface area contributed by atoms with Gasteiger partial charge in [0.1, 0.15) is 0 Å². The van der Waals surface area contributed by atoms with Crippen LogP contribution in [0.4, 0.5) is 0 Å². The van der Waals surface area contributed by atoms with Crippen LogP contribution >= 0.6 is 0 Å². The van der Waals surface area contributed by atoms with E-state index in [-0.39, 0.29) is 0 Å². The van der Waals surface area contributed by atoms with Crippen molar-refractivity contribution in [2.24, 2.45) is 23.7 Å². The van der Waals surface area contributed by atoms with Gasteiger partial charge in [-0.15, -0.1) is 0 Å². The summed E-state index contributed by atoms with van der Waals surface area (Å²) in [4.78, 5) is 0. The molecule has 0 heterocycles. The third kappa shape index (κ3) is 19.1. The van der Waals surface area contributed by atoms with Gasteiger partial charge in [0.25, 0.3) is 0 Å². The number of hydrogen-bond acceptors (Lipinski definition) is 0. The van der Waals surface area contributed by atoms with E-state index in [2.05, 4.69) is 41.5 Å². The lowest BCUT2D eigenvalue weighted by molar-refractivity contribution is 0.319. The summed E-state index contributed by atoms with van der Waals surface area (Å²) in [6.45, 7) is 14.4. The Morgan fingerprint density at radius 3 is 1.56 bits per heavy atom. The zero-order valence-electron chi connectivity index (χ0n) is 20.3. The molecule has 164 valence electrons. The van der Waals surface area contributed by atoms with Crippen LogP contribution in [-0.4, -0.2) is 0 Å². The highest BCUT2D eigenvalue weighted by Crippen LogP contribution is 2.26. The molecule has 0 aliphatic heterocycles. The minimum absolute atomic E-state index is 0.879. The molecule has 0 aromatic carbocycles. The van der Waals surface area contributed by atoms with E-state index in [1.54, 1.807) is 0 Å². The monoisotopic (exact) mass is 380 g/mol. The largest absolute Gasteiger partial charge is 0.0654 e. The van der Waals surface area contributed by atoms with Crippen LogP contribution in [0.1, 0.15) is 151 Å². The van der Waals surface area contributed by atoms with Crippen molar-refractivity contribution in [3.8, 4) is 0 Å². The molecule has 0 bridgehead atoms. The van der Waals surface area contributed by atoms with Gasteiger partial charge in [0.05, 0.1) is 0 Å². The van der Waals surface area contributed by atoms with Crippen LogP contribution in [0, 0.1) is 23.7 Å². The van der Waals surface area contributed by atoms with E-state index >= 15 is 0 Å². The van der Waals surface area contributed by atoms with Crippen LogP contribution in [-0.2, 0) is 0 Å². The number of rotatable bonds is 20. The fraction of sp³-hybridized carbons (Fsp3) is 1.00. The van der Waals surface area contributed by atoms with Crippen molar-refractivity contribution >= 4 is 0 Å². The molecule has 0 fully saturated rings. The fourth-order valence-corrected chi connectivity index (χ4v) is 4.58. The molecule has 0 rings (SSSR count). The molecule has 0 spiro atoms. The molecule has 3 atom stereocenters. The zero-order chi connectivity index (χ0) is 20.3. The second-order valence-electron chi connectivity index (χ2n) is 10.2. The fourth-order valence-electron chi connectivity index (χ4n) is 4.58. The summed E-state index contributed by atoms with van der Waals surface area (Å²) >= 11 is 0. The third-order valence-corrected chi connectivity index (χ3v) is 6.65. The molecule has 0 aliphatic carbocycles. The first-order valence-corrected chi connectivity index (χ1v) is 13.0. The van der Waals surface area contributed by atoms with Crippen molar-refractivity contribution in [1.29, 1.82) is 0 Å². The van der Waals surface area contributed by atoms with Gasteiger partial charge in [-0.1, -0.05) is 144 Å². The molecule has 3 unspecified atom stereocenters. The van der Waals surface area contributed by atoms with Crippen LogP contribution in [0.2, 0.25) is 0 Å². The smallest absolute Gasteiger partial charge is 0.0414 e. The van der Waals surface area contributed by atoms with Crippen LogP contribution in [0.25, 0.3) is 0 Å². The molecule has 0 heteroatoms. The Kier molecular flexibility index (Phi) is 19.3. The Labute approximate surface area is 174 Å². The average molecular weight is 381 g/mol. The van der Waals surface area contributed by atoms with Gasteiger partial charge in [-0.25, -0.2) is 0 Å². The van der Waals surface area contributed by atoms with E-state index in [4.69, 9.17) is 0 Å². The highest BCUT2D eigenvalue weighted by atomic mass is 14.2. The molecule has 0 radical (unpaired) electrons. The van der Waals surface area contributed by atoms with Gasteiger partial charge in [0.2, 0.25) is 0 Å². The first-order valence-electron chi connectivity index (χ1n) is 13.0. The van der Waals surface area contributed by atoms with Gasteiger partial charge >= 0.3 is 0 Å². The van der Waals surface area contributed by atoms with E-state index in [0.29, 0.717) is 0 Å². The summed E-state index contributed by atoms with van der Waals surface area (Å²) in [7, 11) is 0. The molecule has 0 nitrogen and oxygen atoms in total. The van der Waals surface area contributed by atoms with Crippen molar-refractivity contribution in [1.82, 2.24) is 0 Å². The summed E-state index contributed by atoms with van der Waals surface area (Å²) in [5, 5.41) is 0. The molecule has 0 saturated carbocycles. The van der Waals surface area contributed by atoms with Crippen LogP contribution in [0.5, 0.6) is 0 Å². The van der Waals surface area contributed by atoms with E-state index in [9.17, 15) is 0 Å². The predicted molar refractivity (Wildman–Crippen MR) is 126 cm³/mol. The van der Waals surface area contributed by atoms with E-state index in [1.165, 1.54) is 109 Å². The van der Waals surface area contributed by atoms with E-state index < -0.39 is 0 Å². The Morgan fingerprint density at radius 2 is 1.00 bits per heavy atom. The Hall–Kier alpha value is 0. The van der Waals surface area contributed by atoms with E-state index in [0.717, 1.165) is 23.7 Å². The maximum atomic E-state index is 2.51. The number of unbranched alkanes of at least 4 members (excludes halogenated alkanes) is 7. The Balaban J connectivity index is 3.64. The molecule has 0 N–H and O–H groups in total. The van der Waals surface area contributed by atoms with Gasteiger partial charge in [-0.2, -0.15) is 0 Å². The summed E-state index contributed by atoms with van der Waals surface area (Å²) in [5.74, 6) is 3.75. The highest BCUT2D eigenvalue weighted by molar-refractivity contribution is 4.65. The molecule has 0 aliphatic rings. The Morgan fingerprint density at radius 1 is 0.481 bits per heavy atom. The van der Waals surface area contributed by atoms with Crippen molar-refractivity contribution in [2.45, 2.75) is 151 Å².